The molecule has 0 aromatic carbocycles. The van der Waals surface area contributed by atoms with Crippen molar-refractivity contribution in [3.8, 4) is 0 Å². The van der Waals surface area contributed by atoms with Crippen LogP contribution in [0, 0.1) is 6.92 Å². The van der Waals surface area contributed by atoms with Crippen molar-refractivity contribution in [2.45, 2.75) is 24.3 Å². The Morgan fingerprint density at radius 1 is 1.71 bits per heavy atom. The molecule has 0 spiro atoms. The van der Waals surface area contributed by atoms with Gasteiger partial charge in [-0.3, -0.25) is 4.79 Å². The van der Waals surface area contributed by atoms with Gasteiger partial charge in [0, 0.05) is 18.3 Å². The lowest BCUT2D eigenvalue weighted by Crippen LogP contribution is -2.31. The van der Waals surface area contributed by atoms with Gasteiger partial charge in [0.25, 0.3) is 0 Å². The fourth-order valence-corrected chi connectivity index (χ4v) is 2.01. The fraction of sp³-hybridized carbons (Fsp3) is 0.364. The highest BCUT2D eigenvalue weighted by Crippen LogP contribution is 2.20. The van der Waals surface area contributed by atoms with Gasteiger partial charge in [-0.05, 0) is 13.8 Å². The van der Waals surface area contributed by atoms with Crippen LogP contribution in [0.25, 0.3) is 0 Å². The van der Waals surface area contributed by atoms with Gasteiger partial charge in [0.15, 0.2) is 5.16 Å². The largest absolute Gasteiger partial charge is 0.384 e. The van der Waals surface area contributed by atoms with Crippen LogP contribution >= 0.6 is 11.8 Å². The summed E-state index contributed by atoms with van der Waals surface area (Å²) in [5.41, 5.74) is 6.40. The van der Waals surface area contributed by atoms with Crippen LogP contribution in [0.3, 0.4) is 0 Å². The van der Waals surface area contributed by atoms with E-state index >= 15 is 0 Å². The Balaban J connectivity index is 2.63. The van der Waals surface area contributed by atoms with Crippen molar-refractivity contribution in [2.75, 3.05) is 12.3 Å². The third-order valence-electron chi connectivity index (χ3n) is 1.93. The summed E-state index contributed by atoms with van der Waals surface area (Å²) in [5.74, 6) is 0.345. The molecule has 5 nitrogen and oxygen atoms in total. The normalized spacial score (nSPS) is 11.9. The van der Waals surface area contributed by atoms with Gasteiger partial charge in [-0.2, -0.15) is 0 Å². The number of amides is 1. The first-order valence-corrected chi connectivity index (χ1v) is 6.07. The molecule has 17 heavy (non-hydrogen) atoms. The minimum atomic E-state index is -0.267. The summed E-state index contributed by atoms with van der Waals surface area (Å²) in [7, 11) is 0. The lowest BCUT2D eigenvalue weighted by Gasteiger charge is -2.10. The van der Waals surface area contributed by atoms with Gasteiger partial charge in [-0.1, -0.05) is 17.8 Å². The molecule has 1 heterocycles. The third kappa shape index (κ3) is 4.44. The Labute approximate surface area is 105 Å². The molecule has 1 amide bonds. The zero-order valence-electron chi connectivity index (χ0n) is 9.93. The highest BCUT2D eigenvalue weighted by Gasteiger charge is 2.15. The molecule has 1 rings (SSSR count). The number of hydrogen-bond donors (Lipinski definition) is 2. The summed E-state index contributed by atoms with van der Waals surface area (Å²) >= 11 is 1.28. The summed E-state index contributed by atoms with van der Waals surface area (Å²) < 4.78 is 0. The molecule has 0 radical (unpaired) electrons. The average Bonchev–Trinajstić information content (AvgIpc) is 2.24. The lowest BCUT2D eigenvalue weighted by molar-refractivity contribution is -0.120. The summed E-state index contributed by atoms with van der Waals surface area (Å²) in [6, 6.07) is 1.69. The number of nitrogens with zero attached hydrogens (tertiary/aromatic N) is 2. The Kier molecular flexibility index (Phi) is 4.96. The van der Waals surface area contributed by atoms with Crippen molar-refractivity contribution in [1.29, 1.82) is 0 Å². The van der Waals surface area contributed by atoms with Crippen molar-refractivity contribution >= 4 is 23.5 Å². The van der Waals surface area contributed by atoms with E-state index in [-0.39, 0.29) is 11.2 Å². The summed E-state index contributed by atoms with van der Waals surface area (Å²) in [6.45, 7) is 7.63. The van der Waals surface area contributed by atoms with Gasteiger partial charge < -0.3 is 11.1 Å². The van der Waals surface area contributed by atoms with E-state index in [0.717, 1.165) is 5.69 Å². The molecule has 0 fully saturated rings. The maximum atomic E-state index is 11.6. The SMILES string of the molecule is C=CCNC(=O)C(C)Sc1nc(C)cc(N)n1. The number of carbonyl (C=O) groups is 1. The quantitative estimate of drug-likeness (QED) is 0.467. The number of rotatable bonds is 5. The molecule has 1 unspecified atom stereocenters. The molecule has 1 atom stereocenters. The van der Waals surface area contributed by atoms with Crippen molar-refractivity contribution in [3.63, 3.8) is 0 Å². The van der Waals surface area contributed by atoms with E-state index < -0.39 is 0 Å². The second-order valence-corrected chi connectivity index (χ2v) is 4.82. The molecule has 0 aliphatic rings. The number of nitrogens with one attached hydrogen (secondary N) is 1. The van der Waals surface area contributed by atoms with Gasteiger partial charge in [0.1, 0.15) is 5.82 Å². The number of nitrogen functional groups attached to an aromatic ring is 1. The number of thioether (sulfide) groups is 1. The van der Waals surface area contributed by atoms with Gasteiger partial charge in [-0.25, -0.2) is 9.97 Å². The van der Waals surface area contributed by atoms with Crippen molar-refractivity contribution in [1.82, 2.24) is 15.3 Å². The lowest BCUT2D eigenvalue weighted by atomic mass is 10.4. The van der Waals surface area contributed by atoms with E-state index in [0.29, 0.717) is 17.5 Å². The van der Waals surface area contributed by atoms with E-state index in [1.54, 1.807) is 19.1 Å². The molecule has 0 aliphatic heterocycles. The molecule has 1 aromatic heterocycles. The van der Waals surface area contributed by atoms with Crippen LogP contribution in [0.15, 0.2) is 23.9 Å². The Morgan fingerprint density at radius 3 is 3.00 bits per heavy atom. The maximum Gasteiger partial charge on any atom is 0.233 e. The van der Waals surface area contributed by atoms with Crippen molar-refractivity contribution in [2.24, 2.45) is 0 Å². The van der Waals surface area contributed by atoms with Crippen LogP contribution in [-0.2, 0) is 4.79 Å². The fourth-order valence-electron chi connectivity index (χ4n) is 1.15. The van der Waals surface area contributed by atoms with Crippen LogP contribution in [0.1, 0.15) is 12.6 Å². The van der Waals surface area contributed by atoms with Crippen LogP contribution in [0.2, 0.25) is 0 Å². The Bertz CT molecular complexity index is 402. The van der Waals surface area contributed by atoms with E-state index in [9.17, 15) is 4.79 Å². The van der Waals surface area contributed by atoms with Crippen LogP contribution in [0.5, 0.6) is 0 Å². The first-order valence-electron chi connectivity index (χ1n) is 5.19. The monoisotopic (exact) mass is 252 g/mol. The van der Waals surface area contributed by atoms with Gasteiger partial charge >= 0.3 is 0 Å². The maximum absolute atomic E-state index is 11.6. The first-order chi connectivity index (χ1) is 8.02. The predicted molar refractivity (Wildman–Crippen MR) is 69.7 cm³/mol. The summed E-state index contributed by atoms with van der Waals surface area (Å²) in [5, 5.41) is 2.97. The summed E-state index contributed by atoms with van der Waals surface area (Å²) in [6.07, 6.45) is 1.64. The smallest absolute Gasteiger partial charge is 0.233 e. The van der Waals surface area contributed by atoms with Gasteiger partial charge in [0.2, 0.25) is 5.91 Å². The Hall–Kier alpha value is -1.56. The van der Waals surface area contributed by atoms with Gasteiger partial charge in [0.05, 0.1) is 5.25 Å². The number of carbonyl (C=O) groups excluding carboxylic acids is 1. The zero-order chi connectivity index (χ0) is 12.8. The van der Waals surface area contributed by atoms with E-state index in [1.807, 2.05) is 6.92 Å². The van der Waals surface area contributed by atoms with E-state index in [2.05, 4.69) is 21.9 Å². The zero-order valence-corrected chi connectivity index (χ0v) is 10.8. The third-order valence-corrected chi connectivity index (χ3v) is 2.89. The molecule has 92 valence electrons. The topological polar surface area (TPSA) is 80.9 Å². The van der Waals surface area contributed by atoms with Crippen molar-refractivity contribution < 1.29 is 4.79 Å². The average molecular weight is 252 g/mol. The van der Waals surface area contributed by atoms with Gasteiger partial charge in [-0.15, -0.1) is 6.58 Å². The molecular formula is C11H16N4OS. The van der Waals surface area contributed by atoms with Crippen LogP contribution in [0.4, 0.5) is 5.82 Å². The predicted octanol–water partition coefficient (Wildman–Crippen LogP) is 1.15. The van der Waals surface area contributed by atoms with Crippen molar-refractivity contribution in [3.05, 3.63) is 24.4 Å². The molecule has 1 aromatic rings. The number of hydrogen-bond acceptors (Lipinski definition) is 5. The highest BCUT2D eigenvalue weighted by molar-refractivity contribution is 8.00. The second kappa shape index (κ2) is 6.24. The number of anilines is 1. The standard InChI is InChI=1S/C11H16N4OS/c1-4-5-13-10(16)8(3)17-11-14-7(2)6-9(12)15-11/h4,6,8H,1,5H2,2-3H3,(H,13,16)(H2,12,14,15). The van der Waals surface area contributed by atoms with Crippen LogP contribution in [-0.4, -0.2) is 27.7 Å². The molecule has 0 aliphatic carbocycles. The summed E-state index contributed by atoms with van der Waals surface area (Å²) in [4.78, 5) is 19.9. The van der Waals surface area contributed by atoms with E-state index in [4.69, 9.17) is 5.73 Å². The number of aromatic nitrogens is 2. The molecule has 0 bridgehead atoms. The number of nitrogens with two attached hydrogens (primary N) is 1. The minimum Gasteiger partial charge on any atom is -0.384 e. The molecule has 3 N–H and O–H groups in total. The minimum absolute atomic E-state index is 0.0708. The van der Waals surface area contributed by atoms with Crippen LogP contribution < -0.4 is 11.1 Å². The number of aryl methyl sites for hydroxylation is 1. The Morgan fingerprint density at radius 2 is 2.41 bits per heavy atom. The van der Waals surface area contributed by atoms with E-state index in [1.165, 1.54) is 11.8 Å². The second-order valence-electron chi connectivity index (χ2n) is 3.51. The molecule has 0 saturated carbocycles. The highest BCUT2D eigenvalue weighted by atomic mass is 32.2. The molecule has 0 saturated heterocycles. The molecule has 6 heteroatoms. The first kappa shape index (κ1) is 13.5. The molecular weight excluding hydrogens is 236 g/mol.